The lowest BCUT2D eigenvalue weighted by atomic mass is 9.86. The summed E-state index contributed by atoms with van der Waals surface area (Å²) >= 11 is 0. The molecule has 1 aliphatic heterocycles. The van der Waals surface area contributed by atoms with Gasteiger partial charge in [-0.3, -0.25) is 4.79 Å². The van der Waals surface area contributed by atoms with Gasteiger partial charge in [-0.2, -0.15) is 0 Å². The van der Waals surface area contributed by atoms with Gasteiger partial charge < -0.3 is 19.7 Å². The Morgan fingerprint density at radius 3 is 2.69 bits per heavy atom. The molecule has 1 heterocycles. The second kappa shape index (κ2) is 8.76. The first-order valence-corrected chi connectivity index (χ1v) is 9.98. The van der Waals surface area contributed by atoms with E-state index in [0.29, 0.717) is 18.5 Å². The molecule has 1 unspecified atom stereocenters. The lowest BCUT2D eigenvalue weighted by molar-refractivity contribution is -0.910. The number of hydrogen-bond donors (Lipinski definition) is 2. The lowest BCUT2D eigenvalue weighted by Crippen LogP contribution is -3.11. The maximum absolute atomic E-state index is 12.7. The molecular formula is C21H33N2O3+. The second-order valence-electron chi connectivity index (χ2n) is 7.82. The molecule has 1 aliphatic carbocycles. The minimum Gasteiger partial charge on any atom is -0.497 e. The third-order valence-electron chi connectivity index (χ3n) is 6.14. The first-order valence-electron chi connectivity index (χ1n) is 9.98. The molecule has 5 heteroatoms. The minimum absolute atomic E-state index is 0.188. The summed E-state index contributed by atoms with van der Waals surface area (Å²) in [6, 6.07) is 6.59. The number of nitrogens with one attached hydrogen (secondary N) is 2. The number of quaternary nitrogens is 1. The average Bonchev–Trinajstić information content (AvgIpc) is 3.10. The quantitative estimate of drug-likeness (QED) is 0.816. The Kier molecular flexibility index (Phi) is 6.41. The van der Waals surface area contributed by atoms with E-state index in [2.05, 4.69) is 18.3 Å². The number of amides is 1. The Morgan fingerprint density at radius 1 is 1.15 bits per heavy atom. The van der Waals surface area contributed by atoms with Crippen LogP contribution in [0, 0.1) is 5.92 Å². The molecule has 26 heavy (non-hydrogen) atoms. The van der Waals surface area contributed by atoms with Crippen molar-refractivity contribution in [3.63, 3.8) is 0 Å². The summed E-state index contributed by atoms with van der Waals surface area (Å²) in [4.78, 5) is 14.0. The average molecular weight is 362 g/mol. The highest BCUT2D eigenvalue weighted by atomic mass is 16.5. The number of benzene rings is 1. The van der Waals surface area contributed by atoms with Gasteiger partial charge in [0.2, 0.25) is 0 Å². The molecule has 0 radical (unpaired) electrons. The fourth-order valence-electron chi connectivity index (χ4n) is 4.61. The molecule has 2 fully saturated rings. The van der Waals surface area contributed by atoms with Crippen molar-refractivity contribution in [3.05, 3.63) is 23.8 Å². The van der Waals surface area contributed by atoms with Crippen LogP contribution in [0.1, 0.15) is 57.1 Å². The summed E-state index contributed by atoms with van der Waals surface area (Å²) in [7, 11) is 3.39. The SMILES string of the molecule is COc1ccc(OC)c([C@H]2CCC[NH+]2CC(=O)N[C@@H]2CCCC[C@@H]2C)c1. The van der Waals surface area contributed by atoms with Crippen LogP contribution < -0.4 is 19.7 Å². The molecule has 2 aliphatic rings. The van der Waals surface area contributed by atoms with E-state index >= 15 is 0 Å². The molecule has 3 rings (SSSR count). The number of methoxy groups -OCH3 is 2. The van der Waals surface area contributed by atoms with Gasteiger partial charge in [-0.25, -0.2) is 0 Å². The van der Waals surface area contributed by atoms with Crippen LogP contribution in [0.4, 0.5) is 0 Å². The van der Waals surface area contributed by atoms with Crippen molar-refractivity contribution in [1.82, 2.24) is 5.32 Å². The van der Waals surface area contributed by atoms with E-state index in [1.54, 1.807) is 14.2 Å². The highest BCUT2D eigenvalue weighted by Crippen LogP contribution is 2.31. The van der Waals surface area contributed by atoms with Gasteiger partial charge in [-0.15, -0.1) is 0 Å². The predicted octanol–water partition coefficient (Wildman–Crippen LogP) is 2.12. The van der Waals surface area contributed by atoms with E-state index in [1.807, 2.05) is 12.1 Å². The molecule has 1 saturated carbocycles. The number of rotatable bonds is 6. The summed E-state index contributed by atoms with van der Waals surface area (Å²) in [6.45, 7) is 3.82. The summed E-state index contributed by atoms with van der Waals surface area (Å²) in [5.41, 5.74) is 1.15. The van der Waals surface area contributed by atoms with Crippen LogP contribution in [0.3, 0.4) is 0 Å². The van der Waals surface area contributed by atoms with Crippen molar-refractivity contribution in [1.29, 1.82) is 0 Å². The number of hydrogen-bond acceptors (Lipinski definition) is 3. The van der Waals surface area contributed by atoms with E-state index < -0.39 is 0 Å². The van der Waals surface area contributed by atoms with Crippen LogP contribution in [0.15, 0.2) is 18.2 Å². The fourth-order valence-corrected chi connectivity index (χ4v) is 4.61. The first-order chi connectivity index (χ1) is 12.6. The van der Waals surface area contributed by atoms with Gasteiger partial charge in [0.05, 0.1) is 26.3 Å². The van der Waals surface area contributed by atoms with E-state index in [1.165, 1.54) is 24.2 Å². The van der Waals surface area contributed by atoms with Crippen LogP contribution in [-0.2, 0) is 4.79 Å². The maximum Gasteiger partial charge on any atom is 0.275 e. The number of carbonyl (C=O) groups is 1. The van der Waals surface area contributed by atoms with Crippen LogP contribution >= 0.6 is 0 Å². The Labute approximate surface area is 157 Å². The lowest BCUT2D eigenvalue weighted by Gasteiger charge is -2.30. The molecule has 4 atom stereocenters. The molecule has 2 N–H and O–H groups in total. The van der Waals surface area contributed by atoms with E-state index in [4.69, 9.17) is 9.47 Å². The Balaban J connectivity index is 1.67. The molecule has 0 spiro atoms. The molecule has 1 aromatic rings. The summed E-state index contributed by atoms with van der Waals surface area (Å²) in [6.07, 6.45) is 7.08. The standard InChI is InChI=1S/C21H32N2O3/c1-15-7-4-5-8-18(15)22-21(24)14-23-12-6-9-19(23)17-13-16(25-2)10-11-20(17)26-3/h10-11,13,15,18-19H,4-9,12,14H2,1-3H3,(H,22,24)/p+1/t15-,18+,19+/m0/s1. The van der Waals surface area contributed by atoms with Crippen molar-refractivity contribution in [2.24, 2.45) is 5.92 Å². The number of ether oxygens (including phenoxy) is 2. The van der Waals surface area contributed by atoms with Gasteiger partial charge in [0.15, 0.2) is 6.54 Å². The van der Waals surface area contributed by atoms with Gasteiger partial charge >= 0.3 is 0 Å². The third-order valence-corrected chi connectivity index (χ3v) is 6.14. The first kappa shape index (κ1) is 19.0. The smallest absolute Gasteiger partial charge is 0.275 e. The zero-order valence-corrected chi connectivity index (χ0v) is 16.3. The van der Waals surface area contributed by atoms with Gasteiger partial charge in [0.25, 0.3) is 5.91 Å². The van der Waals surface area contributed by atoms with Gasteiger partial charge in [0.1, 0.15) is 17.5 Å². The highest BCUT2D eigenvalue weighted by Gasteiger charge is 2.34. The number of likely N-dealkylation sites (tertiary alicyclic amines) is 1. The molecule has 0 aromatic heterocycles. The monoisotopic (exact) mass is 361 g/mol. The summed E-state index contributed by atoms with van der Waals surface area (Å²) in [5, 5.41) is 3.30. The van der Waals surface area contributed by atoms with E-state index in [0.717, 1.165) is 42.9 Å². The Hall–Kier alpha value is -1.75. The molecule has 1 amide bonds. The highest BCUT2D eigenvalue weighted by molar-refractivity contribution is 5.77. The topological polar surface area (TPSA) is 52.0 Å². The minimum atomic E-state index is 0.188. The van der Waals surface area contributed by atoms with E-state index in [9.17, 15) is 4.79 Å². The molecule has 1 aromatic carbocycles. The third kappa shape index (κ3) is 4.32. The van der Waals surface area contributed by atoms with Crippen LogP contribution in [0.25, 0.3) is 0 Å². The fraction of sp³-hybridized carbons (Fsp3) is 0.667. The van der Waals surface area contributed by atoms with Crippen LogP contribution in [0.5, 0.6) is 11.5 Å². The van der Waals surface area contributed by atoms with Crippen molar-refractivity contribution in [2.45, 2.75) is 57.5 Å². The van der Waals surface area contributed by atoms with E-state index in [-0.39, 0.29) is 11.9 Å². The summed E-state index contributed by atoms with van der Waals surface area (Å²) in [5.74, 6) is 2.51. The Bertz CT molecular complexity index is 619. The molecular weight excluding hydrogens is 328 g/mol. The van der Waals surface area contributed by atoms with Gasteiger partial charge in [-0.05, 0) is 37.0 Å². The largest absolute Gasteiger partial charge is 0.497 e. The zero-order chi connectivity index (χ0) is 18.5. The molecule has 1 saturated heterocycles. The van der Waals surface area contributed by atoms with Crippen molar-refractivity contribution in [3.8, 4) is 11.5 Å². The van der Waals surface area contributed by atoms with Crippen LogP contribution in [0.2, 0.25) is 0 Å². The predicted molar refractivity (Wildman–Crippen MR) is 102 cm³/mol. The van der Waals surface area contributed by atoms with Crippen molar-refractivity contribution >= 4 is 5.91 Å². The van der Waals surface area contributed by atoms with Crippen LogP contribution in [-0.4, -0.2) is 39.3 Å². The Morgan fingerprint density at radius 2 is 1.96 bits per heavy atom. The van der Waals surface area contributed by atoms with Gasteiger partial charge in [0, 0.05) is 18.9 Å². The molecule has 5 nitrogen and oxygen atoms in total. The normalized spacial score (nSPS) is 28.6. The summed E-state index contributed by atoms with van der Waals surface area (Å²) < 4.78 is 11.0. The molecule has 0 bridgehead atoms. The maximum atomic E-state index is 12.7. The number of carbonyl (C=O) groups excluding carboxylic acids is 1. The van der Waals surface area contributed by atoms with Crippen molar-refractivity contribution in [2.75, 3.05) is 27.3 Å². The molecule has 144 valence electrons. The van der Waals surface area contributed by atoms with Gasteiger partial charge in [-0.1, -0.05) is 19.8 Å². The second-order valence-corrected chi connectivity index (χ2v) is 7.82. The zero-order valence-electron chi connectivity index (χ0n) is 16.3. The van der Waals surface area contributed by atoms with Crippen molar-refractivity contribution < 1.29 is 19.2 Å².